The number of carbonyl (C=O) groups excluding carboxylic acids is 1. The van der Waals surface area contributed by atoms with Gasteiger partial charge in [-0.3, -0.25) is 4.79 Å². The number of rotatable bonds is 3. The summed E-state index contributed by atoms with van der Waals surface area (Å²) in [6, 6.07) is 5.50. The van der Waals surface area contributed by atoms with E-state index in [9.17, 15) is 4.79 Å². The maximum Gasteiger partial charge on any atom is 0.235 e. The summed E-state index contributed by atoms with van der Waals surface area (Å²) in [4.78, 5) is 18.6. The molecule has 0 saturated carbocycles. The number of aromatic nitrogens is 1. The summed E-state index contributed by atoms with van der Waals surface area (Å²) in [6.07, 6.45) is 6.26. The summed E-state index contributed by atoms with van der Waals surface area (Å²) in [5, 5.41) is 9.46. The lowest BCUT2D eigenvalue weighted by atomic mass is 10.2. The van der Waals surface area contributed by atoms with Gasteiger partial charge in [0, 0.05) is 19.3 Å². The van der Waals surface area contributed by atoms with Gasteiger partial charge in [-0.1, -0.05) is 24.6 Å². The number of carbonyl (C=O) groups is 1. The summed E-state index contributed by atoms with van der Waals surface area (Å²) < 4.78 is 0. The maximum atomic E-state index is 12.4. The third-order valence-electron chi connectivity index (χ3n) is 3.43. The Hall–Kier alpha value is -1.54. The molecule has 2 rings (SSSR count). The fraction of sp³-hybridized carbons (Fsp3) is 0.533. The summed E-state index contributed by atoms with van der Waals surface area (Å²) in [5.41, 5.74) is 0.580. The van der Waals surface area contributed by atoms with Crippen molar-refractivity contribution >= 4 is 17.7 Å². The van der Waals surface area contributed by atoms with E-state index in [1.54, 1.807) is 18.3 Å². The van der Waals surface area contributed by atoms with Crippen molar-refractivity contribution in [2.24, 2.45) is 0 Å². The normalized spacial score (nSPS) is 17.1. The molecule has 1 aromatic rings. The molecule has 1 aromatic heterocycles. The lowest BCUT2D eigenvalue weighted by Crippen LogP contribution is -2.37. The van der Waals surface area contributed by atoms with Gasteiger partial charge in [0.05, 0.1) is 21.9 Å². The Balaban J connectivity index is 1.97. The summed E-state index contributed by atoms with van der Waals surface area (Å²) in [7, 11) is 0. The fourth-order valence-corrected chi connectivity index (χ4v) is 3.25. The van der Waals surface area contributed by atoms with Gasteiger partial charge in [-0.05, 0) is 31.9 Å². The number of hydrogen-bond donors (Lipinski definition) is 0. The third-order valence-corrected chi connectivity index (χ3v) is 4.45. The number of amides is 1. The standard InChI is InChI=1S/C15H19N3OS/c1-12(15(19)18-8-4-2-3-5-9-18)20-14-10-13(11-16)6-7-17-14/h6-7,10,12H,2-5,8-9H2,1H3. The Morgan fingerprint density at radius 3 is 2.75 bits per heavy atom. The molecule has 4 nitrogen and oxygen atoms in total. The average Bonchev–Trinajstić information content (AvgIpc) is 2.75. The molecule has 0 N–H and O–H groups in total. The number of thioether (sulfide) groups is 1. The van der Waals surface area contributed by atoms with E-state index >= 15 is 0 Å². The van der Waals surface area contributed by atoms with Crippen LogP contribution < -0.4 is 0 Å². The Labute approximate surface area is 124 Å². The number of nitriles is 1. The highest BCUT2D eigenvalue weighted by atomic mass is 32.2. The molecule has 0 radical (unpaired) electrons. The second-order valence-electron chi connectivity index (χ2n) is 4.99. The summed E-state index contributed by atoms with van der Waals surface area (Å²) in [5.74, 6) is 0.182. The van der Waals surface area contributed by atoms with Gasteiger partial charge in [0.25, 0.3) is 0 Å². The van der Waals surface area contributed by atoms with E-state index in [2.05, 4.69) is 11.1 Å². The van der Waals surface area contributed by atoms with Crippen LogP contribution >= 0.6 is 11.8 Å². The van der Waals surface area contributed by atoms with E-state index in [4.69, 9.17) is 5.26 Å². The van der Waals surface area contributed by atoms with Gasteiger partial charge < -0.3 is 4.90 Å². The predicted octanol–water partition coefficient (Wildman–Crippen LogP) is 2.84. The minimum atomic E-state index is -0.158. The van der Waals surface area contributed by atoms with E-state index < -0.39 is 0 Å². The minimum Gasteiger partial charge on any atom is -0.342 e. The molecule has 0 aliphatic carbocycles. The lowest BCUT2D eigenvalue weighted by Gasteiger charge is -2.23. The first kappa shape index (κ1) is 14.9. The van der Waals surface area contributed by atoms with Crippen LogP contribution in [0.5, 0.6) is 0 Å². The van der Waals surface area contributed by atoms with Gasteiger partial charge in [-0.2, -0.15) is 5.26 Å². The van der Waals surface area contributed by atoms with Crippen molar-refractivity contribution in [2.75, 3.05) is 13.1 Å². The van der Waals surface area contributed by atoms with Crippen LogP contribution in [-0.4, -0.2) is 34.1 Å². The van der Waals surface area contributed by atoms with Crippen LogP contribution in [0.15, 0.2) is 23.4 Å². The quantitative estimate of drug-likeness (QED) is 0.803. The van der Waals surface area contributed by atoms with Crippen molar-refractivity contribution in [2.45, 2.75) is 42.9 Å². The van der Waals surface area contributed by atoms with Crippen molar-refractivity contribution in [3.8, 4) is 6.07 Å². The zero-order valence-electron chi connectivity index (χ0n) is 11.7. The molecule has 5 heteroatoms. The fourth-order valence-electron chi connectivity index (χ4n) is 2.32. The lowest BCUT2D eigenvalue weighted by molar-refractivity contribution is -0.130. The van der Waals surface area contributed by atoms with Gasteiger partial charge in [0.15, 0.2) is 0 Å². The van der Waals surface area contributed by atoms with Gasteiger partial charge in [0.1, 0.15) is 0 Å². The SMILES string of the molecule is CC(Sc1cc(C#N)ccn1)C(=O)N1CCCCCC1. The third kappa shape index (κ3) is 3.97. The van der Waals surface area contributed by atoms with E-state index in [1.807, 2.05) is 11.8 Å². The molecule has 1 aliphatic heterocycles. The molecule has 2 heterocycles. The number of nitrogens with zero attached hydrogens (tertiary/aromatic N) is 3. The Kier molecular flexibility index (Phi) is 5.42. The first-order valence-corrected chi connectivity index (χ1v) is 7.90. The molecule has 1 atom stereocenters. The summed E-state index contributed by atoms with van der Waals surface area (Å²) in [6.45, 7) is 3.66. The topological polar surface area (TPSA) is 57.0 Å². The molecule has 1 fully saturated rings. The Morgan fingerprint density at radius 1 is 1.40 bits per heavy atom. The molecule has 0 spiro atoms. The van der Waals surface area contributed by atoms with E-state index in [0.717, 1.165) is 31.0 Å². The molecule has 20 heavy (non-hydrogen) atoms. The highest BCUT2D eigenvalue weighted by molar-refractivity contribution is 8.00. The zero-order chi connectivity index (χ0) is 14.4. The first-order valence-electron chi connectivity index (χ1n) is 7.02. The van der Waals surface area contributed by atoms with E-state index in [0.29, 0.717) is 5.56 Å². The van der Waals surface area contributed by atoms with Crippen molar-refractivity contribution in [1.29, 1.82) is 5.26 Å². The second kappa shape index (κ2) is 7.30. The molecule has 1 saturated heterocycles. The molecular weight excluding hydrogens is 270 g/mol. The van der Waals surface area contributed by atoms with Crippen LogP contribution in [0.1, 0.15) is 38.2 Å². The molecular formula is C15H19N3OS. The number of pyridine rings is 1. The summed E-state index contributed by atoms with van der Waals surface area (Å²) >= 11 is 1.43. The Bertz CT molecular complexity index is 504. The van der Waals surface area contributed by atoms with Crippen LogP contribution in [-0.2, 0) is 4.79 Å². The van der Waals surface area contributed by atoms with Crippen molar-refractivity contribution in [1.82, 2.24) is 9.88 Å². The van der Waals surface area contributed by atoms with Gasteiger partial charge in [-0.25, -0.2) is 4.98 Å². The minimum absolute atomic E-state index is 0.158. The van der Waals surface area contributed by atoms with Crippen LogP contribution in [0.3, 0.4) is 0 Å². The molecule has 1 aliphatic rings. The van der Waals surface area contributed by atoms with Crippen molar-refractivity contribution in [3.05, 3.63) is 23.9 Å². The van der Waals surface area contributed by atoms with Gasteiger partial charge in [0.2, 0.25) is 5.91 Å². The van der Waals surface area contributed by atoms with Gasteiger partial charge in [-0.15, -0.1) is 0 Å². The monoisotopic (exact) mass is 289 g/mol. The first-order chi connectivity index (χ1) is 9.70. The zero-order valence-corrected chi connectivity index (χ0v) is 12.5. The molecule has 0 aromatic carbocycles. The van der Waals surface area contributed by atoms with Crippen LogP contribution in [0.4, 0.5) is 0 Å². The highest BCUT2D eigenvalue weighted by Crippen LogP contribution is 2.24. The maximum absolute atomic E-state index is 12.4. The second-order valence-corrected chi connectivity index (χ2v) is 6.36. The van der Waals surface area contributed by atoms with E-state index in [-0.39, 0.29) is 11.2 Å². The van der Waals surface area contributed by atoms with Crippen molar-refractivity contribution in [3.63, 3.8) is 0 Å². The van der Waals surface area contributed by atoms with Crippen molar-refractivity contribution < 1.29 is 4.79 Å². The highest BCUT2D eigenvalue weighted by Gasteiger charge is 2.22. The van der Waals surface area contributed by atoms with Crippen LogP contribution in [0.2, 0.25) is 0 Å². The predicted molar refractivity (Wildman–Crippen MR) is 79.3 cm³/mol. The molecule has 0 bridgehead atoms. The molecule has 1 unspecified atom stereocenters. The van der Waals surface area contributed by atoms with E-state index in [1.165, 1.54) is 24.6 Å². The molecule has 1 amide bonds. The molecule has 106 valence electrons. The van der Waals surface area contributed by atoms with Crippen LogP contribution in [0, 0.1) is 11.3 Å². The smallest absolute Gasteiger partial charge is 0.235 e. The largest absolute Gasteiger partial charge is 0.342 e. The van der Waals surface area contributed by atoms with Gasteiger partial charge >= 0.3 is 0 Å². The Morgan fingerprint density at radius 2 is 2.10 bits per heavy atom. The van der Waals surface area contributed by atoms with Crippen LogP contribution in [0.25, 0.3) is 0 Å². The number of hydrogen-bond acceptors (Lipinski definition) is 4. The number of likely N-dealkylation sites (tertiary alicyclic amines) is 1. The average molecular weight is 289 g/mol.